The molecule has 116 valence electrons. The van der Waals surface area contributed by atoms with Crippen LogP contribution >= 0.6 is 0 Å². The first kappa shape index (κ1) is 17.0. The van der Waals surface area contributed by atoms with Crippen molar-refractivity contribution < 1.29 is 27.9 Å². The summed E-state index contributed by atoms with van der Waals surface area (Å²) < 4.78 is 36.8. The predicted octanol–water partition coefficient (Wildman–Crippen LogP) is 1.18. The van der Waals surface area contributed by atoms with E-state index in [0.717, 1.165) is 11.0 Å². The number of aliphatic hydroxyl groups excluding tert-OH is 1. The van der Waals surface area contributed by atoms with Gasteiger partial charge in [0.1, 0.15) is 0 Å². The first-order valence-electron chi connectivity index (χ1n) is 6.06. The third-order valence-electron chi connectivity index (χ3n) is 2.57. The molecule has 0 aliphatic rings. The van der Waals surface area contributed by atoms with E-state index in [9.17, 15) is 22.8 Å². The monoisotopic (exact) mass is 304 g/mol. The van der Waals surface area contributed by atoms with Crippen molar-refractivity contribution in [3.8, 4) is 0 Å². The van der Waals surface area contributed by atoms with E-state index in [1.807, 2.05) is 0 Å². The Morgan fingerprint density at radius 3 is 2.57 bits per heavy atom. The minimum Gasteiger partial charge on any atom is -0.395 e. The predicted molar refractivity (Wildman–Crippen MR) is 69.6 cm³/mol. The molecule has 8 heteroatoms. The Balaban J connectivity index is 2.73. The zero-order valence-electron chi connectivity index (χ0n) is 11.3. The van der Waals surface area contributed by atoms with Crippen LogP contribution < -0.4 is 5.32 Å². The Kier molecular flexibility index (Phi) is 5.71. The van der Waals surface area contributed by atoms with Crippen LogP contribution in [-0.4, -0.2) is 48.2 Å². The van der Waals surface area contributed by atoms with E-state index in [2.05, 4.69) is 5.32 Å². The first-order chi connectivity index (χ1) is 9.73. The number of hydrogen-bond acceptors (Lipinski definition) is 3. The second-order valence-corrected chi connectivity index (χ2v) is 4.40. The van der Waals surface area contributed by atoms with Gasteiger partial charge in [-0.3, -0.25) is 9.59 Å². The molecule has 0 atom stereocenters. The lowest BCUT2D eigenvalue weighted by Gasteiger charge is -2.15. The molecule has 0 spiro atoms. The van der Waals surface area contributed by atoms with Crippen LogP contribution in [0.3, 0.4) is 0 Å². The SMILES string of the molecule is CN(CCO)C(=O)C(=O)Nc1cccc(CC(F)(F)F)c1. The molecule has 0 aromatic heterocycles. The molecule has 0 saturated carbocycles. The van der Waals surface area contributed by atoms with E-state index in [4.69, 9.17) is 5.11 Å². The second-order valence-electron chi connectivity index (χ2n) is 4.40. The van der Waals surface area contributed by atoms with Gasteiger partial charge in [-0.15, -0.1) is 0 Å². The van der Waals surface area contributed by atoms with Crippen molar-refractivity contribution in [2.45, 2.75) is 12.6 Å². The smallest absolute Gasteiger partial charge is 0.393 e. The van der Waals surface area contributed by atoms with Crippen LogP contribution in [0, 0.1) is 0 Å². The number of likely N-dealkylation sites (N-methyl/N-ethyl adjacent to an activating group) is 1. The molecule has 0 unspecified atom stereocenters. The third-order valence-corrected chi connectivity index (χ3v) is 2.57. The summed E-state index contributed by atoms with van der Waals surface area (Å²) in [6.45, 7) is -0.309. The van der Waals surface area contributed by atoms with Gasteiger partial charge in [0.05, 0.1) is 13.0 Å². The zero-order chi connectivity index (χ0) is 16.0. The number of halogens is 3. The van der Waals surface area contributed by atoms with E-state index >= 15 is 0 Å². The molecule has 1 rings (SSSR count). The van der Waals surface area contributed by atoms with Gasteiger partial charge in [-0.1, -0.05) is 12.1 Å². The number of benzene rings is 1. The summed E-state index contributed by atoms with van der Waals surface area (Å²) in [7, 11) is 1.33. The molecule has 5 nitrogen and oxygen atoms in total. The molecule has 0 radical (unpaired) electrons. The summed E-state index contributed by atoms with van der Waals surface area (Å²) in [6.07, 6.45) is -5.46. The minimum absolute atomic E-state index is 0.0135. The molecule has 2 N–H and O–H groups in total. The Labute approximate surface area is 119 Å². The molecule has 1 aromatic carbocycles. The van der Waals surface area contributed by atoms with Crippen molar-refractivity contribution in [3.05, 3.63) is 29.8 Å². The van der Waals surface area contributed by atoms with Crippen LogP contribution in [-0.2, 0) is 16.0 Å². The fraction of sp³-hybridized carbons (Fsp3) is 0.385. The Bertz CT molecular complexity index is 518. The van der Waals surface area contributed by atoms with Crippen LogP contribution in [0.2, 0.25) is 0 Å². The number of aliphatic hydroxyl groups is 1. The summed E-state index contributed by atoms with van der Waals surface area (Å²) in [5.41, 5.74) is 0.0870. The largest absolute Gasteiger partial charge is 0.395 e. The second kappa shape index (κ2) is 7.07. The molecule has 0 aliphatic carbocycles. The molecule has 0 aliphatic heterocycles. The normalized spacial score (nSPS) is 11.1. The maximum atomic E-state index is 12.3. The third kappa shape index (κ3) is 5.82. The summed E-state index contributed by atoms with van der Waals surface area (Å²) in [6, 6.07) is 5.18. The van der Waals surface area contributed by atoms with Gasteiger partial charge in [0.2, 0.25) is 0 Å². The van der Waals surface area contributed by atoms with E-state index in [1.165, 1.54) is 25.2 Å². The van der Waals surface area contributed by atoms with Gasteiger partial charge in [0.25, 0.3) is 0 Å². The van der Waals surface area contributed by atoms with Crippen LogP contribution in [0.15, 0.2) is 24.3 Å². The fourth-order valence-electron chi connectivity index (χ4n) is 1.60. The maximum absolute atomic E-state index is 12.3. The first-order valence-corrected chi connectivity index (χ1v) is 6.06. The summed E-state index contributed by atoms with van der Waals surface area (Å²) >= 11 is 0. The van der Waals surface area contributed by atoms with Crippen molar-refractivity contribution in [2.24, 2.45) is 0 Å². The topological polar surface area (TPSA) is 69.6 Å². The van der Waals surface area contributed by atoms with Crippen molar-refractivity contribution in [1.29, 1.82) is 0 Å². The quantitative estimate of drug-likeness (QED) is 0.821. The number of nitrogens with one attached hydrogen (secondary N) is 1. The summed E-state index contributed by atoms with van der Waals surface area (Å²) in [4.78, 5) is 24.2. The highest BCUT2D eigenvalue weighted by Gasteiger charge is 2.27. The van der Waals surface area contributed by atoms with Gasteiger partial charge in [-0.25, -0.2) is 0 Å². The summed E-state index contributed by atoms with van der Waals surface area (Å²) in [5, 5.41) is 10.9. The van der Waals surface area contributed by atoms with Gasteiger partial charge >= 0.3 is 18.0 Å². The lowest BCUT2D eigenvalue weighted by molar-refractivity contribution is -0.142. The molecule has 2 amide bonds. The van der Waals surface area contributed by atoms with Gasteiger partial charge < -0.3 is 15.3 Å². The van der Waals surface area contributed by atoms with E-state index in [-0.39, 0.29) is 24.4 Å². The van der Waals surface area contributed by atoms with Crippen molar-refractivity contribution in [3.63, 3.8) is 0 Å². The number of carbonyl (C=O) groups is 2. The highest BCUT2D eigenvalue weighted by atomic mass is 19.4. The lowest BCUT2D eigenvalue weighted by Crippen LogP contribution is -2.38. The van der Waals surface area contributed by atoms with Crippen LogP contribution in [0.4, 0.5) is 18.9 Å². The fourth-order valence-corrected chi connectivity index (χ4v) is 1.60. The summed E-state index contributed by atoms with van der Waals surface area (Å²) in [5.74, 6) is -1.86. The van der Waals surface area contributed by atoms with Crippen LogP contribution in [0.5, 0.6) is 0 Å². The maximum Gasteiger partial charge on any atom is 0.393 e. The molecular formula is C13H15F3N2O3. The number of amides is 2. The van der Waals surface area contributed by atoms with Crippen molar-refractivity contribution in [2.75, 3.05) is 25.5 Å². The van der Waals surface area contributed by atoms with Crippen LogP contribution in [0.25, 0.3) is 0 Å². The Morgan fingerprint density at radius 1 is 1.33 bits per heavy atom. The average Bonchev–Trinajstić information content (AvgIpc) is 2.36. The van der Waals surface area contributed by atoms with Gasteiger partial charge in [0, 0.05) is 19.3 Å². The lowest BCUT2D eigenvalue weighted by atomic mass is 10.1. The van der Waals surface area contributed by atoms with E-state index in [1.54, 1.807) is 0 Å². The Morgan fingerprint density at radius 2 is 2.00 bits per heavy atom. The number of rotatable bonds is 4. The molecule has 21 heavy (non-hydrogen) atoms. The van der Waals surface area contributed by atoms with E-state index < -0.39 is 24.4 Å². The number of hydrogen-bond donors (Lipinski definition) is 2. The van der Waals surface area contributed by atoms with Gasteiger partial charge in [0.15, 0.2) is 0 Å². The number of alkyl halides is 3. The molecule has 1 aromatic rings. The number of carbonyl (C=O) groups excluding carboxylic acids is 2. The van der Waals surface area contributed by atoms with Gasteiger partial charge in [-0.2, -0.15) is 13.2 Å². The highest BCUT2D eigenvalue weighted by molar-refractivity contribution is 6.39. The molecular weight excluding hydrogens is 289 g/mol. The van der Waals surface area contributed by atoms with Crippen molar-refractivity contribution in [1.82, 2.24) is 4.90 Å². The highest BCUT2D eigenvalue weighted by Crippen LogP contribution is 2.22. The van der Waals surface area contributed by atoms with Gasteiger partial charge in [-0.05, 0) is 17.7 Å². The molecule has 0 saturated heterocycles. The molecule has 0 heterocycles. The van der Waals surface area contributed by atoms with Crippen LogP contribution in [0.1, 0.15) is 5.56 Å². The number of anilines is 1. The van der Waals surface area contributed by atoms with Crippen molar-refractivity contribution >= 4 is 17.5 Å². The number of nitrogens with zero attached hydrogens (tertiary/aromatic N) is 1. The van der Waals surface area contributed by atoms with E-state index in [0.29, 0.717) is 0 Å². The minimum atomic E-state index is -4.35. The Hall–Kier alpha value is -2.09. The average molecular weight is 304 g/mol. The zero-order valence-corrected chi connectivity index (χ0v) is 11.3. The standard InChI is InChI=1S/C13H15F3N2O3/c1-18(5-6-19)12(21)11(20)17-10-4-2-3-9(7-10)8-13(14,15)16/h2-4,7,19H,5-6,8H2,1H3,(H,17,20). The molecule has 0 bridgehead atoms. The molecule has 0 fully saturated rings.